The van der Waals surface area contributed by atoms with Crippen molar-refractivity contribution >= 4 is 11.0 Å². The molecule has 0 aliphatic heterocycles. The maximum atomic E-state index is 10.7. The fourth-order valence-corrected chi connectivity index (χ4v) is 5.47. The topological polar surface area (TPSA) is 61.8 Å². The third kappa shape index (κ3) is 5.14. The van der Waals surface area contributed by atoms with Crippen molar-refractivity contribution in [1.82, 2.24) is 15.0 Å². The molecule has 4 nitrogen and oxygen atoms in total. The van der Waals surface area contributed by atoms with Gasteiger partial charge in [-0.15, -0.1) is 0 Å². The molecule has 0 saturated heterocycles. The molecule has 4 heteroatoms. The van der Waals surface area contributed by atoms with Crippen LogP contribution >= 0.6 is 0 Å². The molecule has 0 fully saturated rings. The summed E-state index contributed by atoms with van der Waals surface area (Å²) >= 11 is 0. The number of pyridine rings is 1. The van der Waals surface area contributed by atoms with Crippen LogP contribution in [0, 0.1) is 6.92 Å². The first-order valence-corrected chi connectivity index (χ1v) is 14.3. The van der Waals surface area contributed by atoms with Crippen LogP contribution in [0.3, 0.4) is 0 Å². The summed E-state index contributed by atoms with van der Waals surface area (Å²) in [4.78, 5) is 13.6. The molecule has 0 aliphatic rings. The number of para-hydroxylation sites is 3. The van der Waals surface area contributed by atoms with E-state index in [1.54, 1.807) is 6.07 Å². The first kappa shape index (κ1) is 26.5. The number of rotatable bonds is 6. The van der Waals surface area contributed by atoms with Gasteiger partial charge in [-0.2, -0.15) is 0 Å². The zero-order valence-corrected chi connectivity index (χ0v) is 24.2. The Morgan fingerprint density at radius 1 is 0.659 bits per heavy atom. The highest BCUT2D eigenvalue weighted by atomic mass is 16.3. The summed E-state index contributed by atoms with van der Waals surface area (Å²) in [6.07, 6.45) is 0. The number of aromatic amines is 1. The van der Waals surface area contributed by atoms with Crippen LogP contribution in [0.1, 0.15) is 56.2 Å². The highest BCUT2D eigenvalue weighted by Crippen LogP contribution is 2.40. The van der Waals surface area contributed by atoms with E-state index in [-0.39, 0.29) is 5.75 Å². The zero-order chi connectivity index (χ0) is 28.7. The number of fused-ring (bicyclic) bond motifs is 1. The monoisotopic (exact) mass is 537 g/mol. The first-order valence-electron chi connectivity index (χ1n) is 14.3. The number of hydrogen-bond acceptors (Lipinski definition) is 3. The van der Waals surface area contributed by atoms with Gasteiger partial charge in [0, 0.05) is 22.3 Å². The highest BCUT2D eigenvalue weighted by Gasteiger charge is 2.19. The summed E-state index contributed by atoms with van der Waals surface area (Å²) in [6.45, 7) is 11.1. The lowest BCUT2D eigenvalue weighted by molar-refractivity contribution is 0.477. The summed E-state index contributed by atoms with van der Waals surface area (Å²) < 4.78 is 0. The van der Waals surface area contributed by atoms with Gasteiger partial charge in [-0.25, -0.2) is 9.97 Å². The number of imidazole rings is 1. The Morgan fingerprint density at radius 2 is 1.34 bits per heavy atom. The molecule has 2 heterocycles. The van der Waals surface area contributed by atoms with Gasteiger partial charge in [0.05, 0.1) is 22.4 Å². The Bertz CT molecular complexity index is 1820. The number of nitrogens with one attached hydrogen (secondary N) is 1. The third-order valence-electron chi connectivity index (χ3n) is 7.80. The van der Waals surface area contributed by atoms with Gasteiger partial charge < -0.3 is 10.1 Å². The predicted molar refractivity (Wildman–Crippen MR) is 170 cm³/mol. The molecule has 2 N–H and O–H groups in total. The Morgan fingerprint density at radius 3 is 2.05 bits per heavy atom. The van der Waals surface area contributed by atoms with Crippen LogP contribution in [-0.2, 0) is 0 Å². The molecule has 6 aromatic rings. The van der Waals surface area contributed by atoms with Gasteiger partial charge >= 0.3 is 0 Å². The minimum atomic E-state index is 0.220. The van der Waals surface area contributed by atoms with Crippen molar-refractivity contribution in [2.24, 2.45) is 0 Å². The van der Waals surface area contributed by atoms with Crippen LogP contribution < -0.4 is 0 Å². The maximum absolute atomic E-state index is 10.7. The van der Waals surface area contributed by atoms with Crippen LogP contribution in [0.15, 0.2) is 97.1 Å². The lowest BCUT2D eigenvalue weighted by atomic mass is 9.87. The van der Waals surface area contributed by atoms with E-state index in [0.717, 1.165) is 61.6 Å². The number of nitrogens with zero attached hydrogens (tertiary/aromatic N) is 2. The van der Waals surface area contributed by atoms with Crippen molar-refractivity contribution < 1.29 is 5.11 Å². The number of H-pyrrole nitrogens is 1. The third-order valence-corrected chi connectivity index (χ3v) is 7.80. The molecule has 0 bridgehead atoms. The van der Waals surface area contributed by atoms with Crippen molar-refractivity contribution in [3.8, 4) is 50.8 Å². The quantitative estimate of drug-likeness (QED) is 0.222. The van der Waals surface area contributed by atoms with E-state index in [0.29, 0.717) is 11.8 Å². The fraction of sp³-hybridized carbons (Fsp3) is 0.189. The SMILES string of the molecule is Cc1cc(-c2ccccc2O)nc(-c2cccc(-c3nc4ccccc4[nH]3)c2)c1-c1cc(C(C)C)cc(C(C)C)c1. The Hall–Kier alpha value is -4.70. The maximum Gasteiger partial charge on any atom is 0.138 e. The second-order valence-corrected chi connectivity index (χ2v) is 11.4. The van der Waals surface area contributed by atoms with Crippen molar-refractivity contribution in [3.05, 3.63) is 114 Å². The summed E-state index contributed by atoms with van der Waals surface area (Å²) in [5, 5.41) is 10.7. The number of benzene rings is 4. The number of phenolic OH excluding ortho intramolecular Hbond substituents is 1. The first-order chi connectivity index (χ1) is 19.8. The van der Waals surface area contributed by atoms with E-state index in [1.165, 1.54) is 11.1 Å². The summed E-state index contributed by atoms with van der Waals surface area (Å²) in [5.41, 5.74) is 12.3. The summed E-state index contributed by atoms with van der Waals surface area (Å²) in [5.74, 6) is 1.85. The van der Waals surface area contributed by atoms with Crippen LogP contribution in [0.4, 0.5) is 0 Å². The molecule has 0 aliphatic carbocycles. The Labute approximate surface area is 241 Å². The number of aromatic hydroxyl groups is 1. The van der Waals surface area contributed by atoms with Gasteiger partial charge in [0.15, 0.2) is 0 Å². The molecule has 4 aromatic carbocycles. The van der Waals surface area contributed by atoms with Crippen LogP contribution in [0.2, 0.25) is 0 Å². The van der Waals surface area contributed by atoms with Crippen molar-refractivity contribution in [1.29, 1.82) is 0 Å². The molecule has 204 valence electrons. The second-order valence-electron chi connectivity index (χ2n) is 11.4. The lowest BCUT2D eigenvalue weighted by Crippen LogP contribution is -2.00. The minimum absolute atomic E-state index is 0.220. The average molecular weight is 538 g/mol. The van der Waals surface area contributed by atoms with Crippen LogP contribution in [0.25, 0.3) is 56.1 Å². The lowest BCUT2D eigenvalue weighted by Gasteiger charge is -2.19. The predicted octanol–water partition coefficient (Wildman–Crippen LogP) is 9.89. The fourth-order valence-electron chi connectivity index (χ4n) is 5.47. The number of aromatic nitrogens is 3. The normalized spacial score (nSPS) is 11.6. The molecule has 6 rings (SSSR count). The van der Waals surface area contributed by atoms with Crippen LogP contribution in [-0.4, -0.2) is 20.1 Å². The van der Waals surface area contributed by atoms with Gasteiger partial charge in [-0.3, -0.25) is 0 Å². The molecule has 0 atom stereocenters. The van der Waals surface area contributed by atoms with Gasteiger partial charge in [0.25, 0.3) is 0 Å². The standard InChI is InChI=1S/C37H35N3O/c1-22(2)27-19-28(23(3)4)21-29(20-27)35-24(5)17-33(30-13-6-9-16-34(30)41)38-36(35)25-11-10-12-26(18-25)37-39-31-14-7-8-15-32(31)40-37/h6-23,41H,1-5H3,(H,39,40). The van der Waals surface area contributed by atoms with E-state index in [1.807, 2.05) is 42.5 Å². The molecule has 0 radical (unpaired) electrons. The van der Waals surface area contributed by atoms with E-state index < -0.39 is 0 Å². The molecule has 0 saturated carbocycles. The smallest absolute Gasteiger partial charge is 0.138 e. The van der Waals surface area contributed by atoms with E-state index in [2.05, 4.69) is 88.1 Å². The van der Waals surface area contributed by atoms with E-state index in [9.17, 15) is 5.11 Å². The van der Waals surface area contributed by atoms with Crippen molar-refractivity contribution in [2.45, 2.75) is 46.5 Å². The van der Waals surface area contributed by atoms with Gasteiger partial charge in [0.1, 0.15) is 11.6 Å². The molecule has 0 unspecified atom stereocenters. The van der Waals surface area contributed by atoms with Gasteiger partial charge in [-0.1, -0.05) is 88.4 Å². The minimum Gasteiger partial charge on any atom is -0.507 e. The molecule has 2 aromatic heterocycles. The highest BCUT2D eigenvalue weighted by molar-refractivity contribution is 5.88. The van der Waals surface area contributed by atoms with Crippen LogP contribution in [0.5, 0.6) is 5.75 Å². The Kier molecular flexibility index (Phi) is 6.92. The molecule has 41 heavy (non-hydrogen) atoms. The van der Waals surface area contributed by atoms with Gasteiger partial charge in [-0.05, 0) is 77.4 Å². The number of hydrogen-bond donors (Lipinski definition) is 2. The largest absolute Gasteiger partial charge is 0.507 e. The van der Waals surface area contributed by atoms with E-state index in [4.69, 9.17) is 9.97 Å². The molecular weight excluding hydrogens is 502 g/mol. The molecule has 0 spiro atoms. The number of aryl methyl sites for hydroxylation is 1. The van der Waals surface area contributed by atoms with Gasteiger partial charge in [0.2, 0.25) is 0 Å². The molecular formula is C37H35N3O. The zero-order valence-electron chi connectivity index (χ0n) is 24.2. The average Bonchev–Trinajstić information content (AvgIpc) is 3.41. The second kappa shape index (κ2) is 10.7. The Balaban J connectivity index is 1.60. The van der Waals surface area contributed by atoms with Crippen molar-refractivity contribution in [2.75, 3.05) is 0 Å². The summed E-state index contributed by atoms with van der Waals surface area (Å²) in [7, 11) is 0. The van der Waals surface area contributed by atoms with Crippen molar-refractivity contribution in [3.63, 3.8) is 0 Å². The number of phenols is 1. The molecule has 0 amide bonds. The summed E-state index contributed by atoms with van der Waals surface area (Å²) in [6, 6.07) is 32.9. The van der Waals surface area contributed by atoms with E-state index >= 15 is 0 Å².